The minimum Gasteiger partial charge on any atom is -0.493 e. The molecule has 2 N–H and O–H groups in total. The van der Waals surface area contributed by atoms with Crippen LogP contribution in [0.15, 0.2) is 41.5 Å². The second kappa shape index (κ2) is 12.2. The van der Waals surface area contributed by atoms with Gasteiger partial charge in [-0.05, 0) is 24.1 Å². The molecule has 0 amide bonds. The summed E-state index contributed by atoms with van der Waals surface area (Å²) in [5.41, 5.74) is 1.02. The van der Waals surface area contributed by atoms with Crippen LogP contribution in [0.2, 0.25) is 0 Å². The quantitative estimate of drug-likeness (QED) is 0.338. The van der Waals surface area contributed by atoms with Crippen molar-refractivity contribution >= 4 is 29.9 Å². The lowest BCUT2D eigenvalue weighted by molar-refractivity contribution is 0.342. The first-order valence-electron chi connectivity index (χ1n) is 8.50. The molecule has 0 aliphatic heterocycles. The second-order valence-corrected chi connectivity index (χ2v) is 5.45. The Morgan fingerprint density at radius 1 is 1.07 bits per heavy atom. The minimum atomic E-state index is 0. The van der Waals surface area contributed by atoms with E-state index in [1.54, 1.807) is 27.5 Å². The van der Waals surface area contributed by atoms with Crippen LogP contribution in [0.1, 0.15) is 18.9 Å². The molecule has 0 aliphatic rings. The van der Waals surface area contributed by atoms with Crippen LogP contribution in [-0.2, 0) is 6.54 Å². The van der Waals surface area contributed by atoms with Gasteiger partial charge < -0.3 is 24.8 Å². The van der Waals surface area contributed by atoms with Crippen LogP contribution >= 0.6 is 24.0 Å². The fourth-order valence-electron chi connectivity index (χ4n) is 2.25. The molecule has 27 heavy (non-hydrogen) atoms. The Morgan fingerprint density at radius 3 is 2.30 bits per heavy atom. The SMILES string of the molecule is CCCNC(=NC)NCc1ccc(Oc2c(OC)cccc2OC)nc1.I. The number of benzene rings is 1. The summed E-state index contributed by atoms with van der Waals surface area (Å²) in [7, 11) is 4.92. The highest BCUT2D eigenvalue weighted by Crippen LogP contribution is 2.39. The Hall–Kier alpha value is -2.23. The van der Waals surface area contributed by atoms with Gasteiger partial charge in [-0.2, -0.15) is 0 Å². The van der Waals surface area contributed by atoms with E-state index in [1.807, 2.05) is 30.3 Å². The fraction of sp³-hybridized carbons (Fsp3) is 0.368. The Balaban J connectivity index is 0.00000364. The molecule has 0 fully saturated rings. The number of nitrogens with zero attached hydrogens (tertiary/aromatic N) is 2. The standard InChI is InChI=1S/C19H26N4O3.HI/c1-5-11-21-19(20-2)23-13-14-9-10-17(22-12-14)26-18-15(24-3)7-6-8-16(18)25-4;/h6-10,12H,5,11,13H2,1-4H3,(H2,20,21,23);1H. The minimum absolute atomic E-state index is 0. The van der Waals surface area contributed by atoms with Gasteiger partial charge in [0.05, 0.1) is 14.2 Å². The molecule has 0 saturated carbocycles. The zero-order valence-corrected chi connectivity index (χ0v) is 18.4. The Kier molecular flexibility index (Phi) is 10.3. The molecule has 2 aromatic rings. The van der Waals surface area contributed by atoms with Gasteiger partial charge in [0, 0.05) is 32.4 Å². The first-order valence-corrected chi connectivity index (χ1v) is 8.50. The predicted molar refractivity (Wildman–Crippen MR) is 118 cm³/mol. The third-order valence-electron chi connectivity index (χ3n) is 3.61. The molecular formula is C19H27IN4O3. The molecule has 1 aromatic carbocycles. The lowest BCUT2D eigenvalue weighted by Crippen LogP contribution is -2.37. The van der Waals surface area contributed by atoms with E-state index in [0.717, 1.165) is 24.5 Å². The highest BCUT2D eigenvalue weighted by atomic mass is 127. The van der Waals surface area contributed by atoms with Crippen molar-refractivity contribution < 1.29 is 14.2 Å². The van der Waals surface area contributed by atoms with Gasteiger partial charge in [0.2, 0.25) is 11.6 Å². The number of nitrogens with one attached hydrogen (secondary N) is 2. The number of para-hydroxylation sites is 1. The molecule has 148 valence electrons. The van der Waals surface area contributed by atoms with Crippen LogP contribution in [0.25, 0.3) is 0 Å². The maximum Gasteiger partial charge on any atom is 0.219 e. The molecule has 0 saturated heterocycles. The van der Waals surface area contributed by atoms with Crippen LogP contribution in [-0.4, -0.2) is 38.8 Å². The van der Waals surface area contributed by atoms with Crippen molar-refractivity contribution in [3.05, 3.63) is 42.1 Å². The maximum atomic E-state index is 5.86. The fourth-order valence-corrected chi connectivity index (χ4v) is 2.25. The first-order chi connectivity index (χ1) is 12.7. The normalized spacial score (nSPS) is 10.6. The number of guanidine groups is 1. The lowest BCUT2D eigenvalue weighted by atomic mass is 10.3. The molecule has 0 atom stereocenters. The summed E-state index contributed by atoms with van der Waals surface area (Å²) in [6, 6.07) is 9.22. The van der Waals surface area contributed by atoms with Gasteiger partial charge in [0.15, 0.2) is 17.5 Å². The highest BCUT2D eigenvalue weighted by Gasteiger charge is 2.13. The van der Waals surface area contributed by atoms with Gasteiger partial charge in [0.1, 0.15) is 0 Å². The summed E-state index contributed by atoms with van der Waals surface area (Å²) in [5, 5.41) is 6.47. The monoisotopic (exact) mass is 486 g/mol. The van der Waals surface area contributed by atoms with Crippen molar-refractivity contribution in [1.82, 2.24) is 15.6 Å². The summed E-state index contributed by atoms with van der Waals surface area (Å²) >= 11 is 0. The largest absolute Gasteiger partial charge is 0.493 e. The molecule has 7 nitrogen and oxygen atoms in total. The van der Waals surface area contributed by atoms with Gasteiger partial charge in [-0.25, -0.2) is 4.98 Å². The van der Waals surface area contributed by atoms with E-state index in [4.69, 9.17) is 14.2 Å². The van der Waals surface area contributed by atoms with Crippen LogP contribution in [0, 0.1) is 0 Å². The first kappa shape index (κ1) is 22.8. The zero-order chi connectivity index (χ0) is 18.8. The van der Waals surface area contributed by atoms with Crippen LogP contribution in [0.4, 0.5) is 0 Å². The Morgan fingerprint density at radius 2 is 1.78 bits per heavy atom. The van der Waals surface area contributed by atoms with Crippen molar-refractivity contribution in [2.24, 2.45) is 4.99 Å². The molecule has 1 heterocycles. The number of hydrogen-bond donors (Lipinski definition) is 2. The van der Waals surface area contributed by atoms with Gasteiger partial charge >= 0.3 is 0 Å². The summed E-state index contributed by atoms with van der Waals surface area (Å²) in [4.78, 5) is 8.53. The number of ether oxygens (including phenoxy) is 3. The van der Waals surface area contributed by atoms with Gasteiger partial charge in [-0.1, -0.05) is 19.1 Å². The number of pyridine rings is 1. The smallest absolute Gasteiger partial charge is 0.219 e. The second-order valence-electron chi connectivity index (χ2n) is 5.45. The van der Waals surface area contributed by atoms with Crippen molar-refractivity contribution in [1.29, 1.82) is 0 Å². The number of aromatic nitrogens is 1. The number of methoxy groups -OCH3 is 2. The van der Waals surface area contributed by atoms with Crippen molar-refractivity contribution in [3.63, 3.8) is 0 Å². The third-order valence-corrected chi connectivity index (χ3v) is 3.61. The summed E-state index contributed by atoms with van der Waals surface area (Å²) in [6.07, 6.45) is 2.80. The van der Waals surface area contributed by atoms with E-state index < -0.39 is 0 Å². The average Bonchev–Trinajstić information content (AvgIpc) is 2.69. The van der Waals surface area contributed by atoms with E-state index in [1.165, 1.54) is 0 Å². The molecule has 2 rings (SSSR count). The van der Waals surface area contributed by atoms with Crippen molar-refractivity contribution in [2.45, 2.75) is 19.9 Å². The van der Waals surface area contributed by atoms with Crippen molar-refractivity contribution in [2.75, 3.05) is 27.8 Å². The molecule has 0 aliphatic carbocycles. The Labute approximate surface area is 177 Å². The number of aliphatic imine (C=N–C) groups is 1. The molecule has 8 heteroatoms. The lowest BCUT2D eigenvalue weighted by Gasteiger charge is -2.14. The molecule has 0 bridgehead atoms. The molecule has 0 radical (unpaired) electrons. The third kappa shape index (κ3) is 6.78. The maximum absolute atomic E-state index is 5.86. The molecular weight excluding hydrogens is 459 g/mol. The number of hydrogen-bond acceptors (Lipinski definition) is 5. The van der Waals surface area contributed by atoms with E-state index >= 15 is 0 Å². The summed E-state index contributed by atoms with van der Waals surface area (Å²) in [5.74, 6) is 2.90. The van der Waals surface area contributed by atoms with E-state index in [9.17, 15) is 0 Å². The summed E-state index contributed by atoms with van der Waals surface area (Å²) in [6.45, 7) is 3.61. The van der Waals surface area contributed by atoms with Crippen LogP contribution < -0.4 is 24.8 Å². The zero-order valence-electron chi connectivity index (χ0n) is 16.1. The number of rotatable bonds is 8. The van der Waals surface area contributed by atoms with Crippen molar-refractivity contribution in [3.8, 4) is 23.1 Å². The Bertz CT molecular complexity index is 701. The van der Waals surface area contributed by atoms with Gasteiger partial charge in [0.25, 0.3) is 0 Å². The molecule has 0 unspecified atom stereocenters. The van der Waals surface area contributed by atoms with Crippen LogP contribution in [0.3, 0.4) is 0 Å². The van der Waals surface area contributed by atoms with E-state index in [-0.39, 0.29) is 24.0 Å². The van der Waals surface area contributed by atoms with Gasteiger partial charge in [-0.15, -0.1) is 24.0 Å². The summed E-state index contributed by atoms with van der Waals surface area (Å²) < 4.78 is 16.5. The topological polar surface area (TPSA) is 77.0 Å². The predicted octanol–water partition coefficient (Wildman–Crippen LogP) is 3.58. The molecule has 0 spiro atoms. The average molecular weight is 486 g/mol. The highest BCUT2D eigenvalue weighted by molar-refractivity contribution is 14.0. The molecule has 1 aromatic heterocycles. The van der Waals surface area contributed by atoms with E-state index in [0.29, 0.717) is 29.7 Å². The van der Waals surface area contributed by atoms with Crippen LogP contribution in [0.5, 0.6) is 23.1 Å². The number of halogens is 1. The van der Waals surface area contributed by atoms with Gasteiger partial charge in [-0.3, -0.25) is 4.99 Å². The van der Waals surface area contributed by atoms with E-state index in [2.05, 4.69) is 27.5 Å².